The Bertz CT molecular complexity index is 853. The van der Waals surface area contributed by atoms with Crippen LogP contribution in [0.4, 0.5) is 4.39 Å². The van der Waals surface area contributed by atoms with Gasteiger partial charge in [0.25, 0.3) is 0 Å². The van der Waals surface area contributed by atoms with Crippen LogP contribution in [0.5, 0.6) is 0 Å². The number of carbonyl (C=O) groups excluding carboxylic acids is 1. The number of rotatable bonds is 7. The lowest BCUT2D eigenvalue weighted by Crippen LogP contribution is -2.22. The van der Waals surface area contributed by atoms with Crippen molar-refractivity contribution in [3.8, 4) is 0 Å². The molecule has 2 aromatic carbocycles. The summed E-state index contributed by atoms with van der Waals surface area (Å²) in [4.78, 5) is 12.6. The molecule has 8 heteroatoms. The molecule has 2 rings (SSSR count). The molecule has 0 spiro atoms. The molecule has 0 amide bonds. The maximum absolute atomic E-state index is 13.5. The molecular weight excluding hydrogens is 365 g/mol. The van der Waals surface area contributed by atoms with Crippen LogP contribution in [-0.2, 0) is 14.8 Å². The molecule has 0 unspecified atom stereocenters. The Morgan fingerprint density at radius 2 is 1.88 bits per heavy atom. The molecule has 0 saturated heterocycles. The van der Waals surface area contributed by atoms with Gasteiger partial charge in [-0.3, -0.25) is 0 Å². The Balaban J connectivity index is 1.94. The first-order chi connectivity index (χ1) is 11.8. The molecule has 5 nitrogen and oxygen atoms in total. The third-order valence-electron chi connectivity index (χ3n) is 3.26. The van der Waals surface area contributed by atoms with Crippen molar-refractivity contribution in [3.63, 3.8) is 0 Å². The van der Waals surface area contributed by atoms with Gasteiger partial charge in [0.2, 0.25) is 10.0 Å². The highest BCUT2D eigenvalue weighted by Crippen LogP contribution is 2.21. The van der Waals surface area contributed by atoms with Gasteiger partial charge in [-0.25, -0.2) is 21.9 Å². The van der Waals surface area contributed by atoms with Crippen LogP contribution in [0.1, 0.15) is 10.4 Å². The van der Waals surface area contributed by atoms with Crippen LogP contribution >= 0.6 is 11.8 Å². The van der Waals surface area contributed by atoms with E-state index >= 15 is 0 Å². The highest BCUT2D eigenvalue weighted by Gasteiger charge is 2.19. The summed E-state index contributed by atoms with van der Waals surface area (Å²) in [5.41, 5.74) is 0.152. The highest BCUT2D eigenvalue weighted by molar-refractivity contribution is 7.99. The zero-order chi connectivity index (χ0) is 18.4. The summed E-state index contributed by atoms with van der Waals surface area (Å²) in [5, 5.41) is 0. The minimum atomic E-state index is -3.62. The van der Waals surface area contributed by atoms with Crippen LogP contribution in [0, 0.1) is 5.82 Å². The van der Waals surface area contributed by atoms with Crippen LogP contribution in [0.25, 0.3) is 0 Å². The van der Waals surface area contributed by atoms with Gasteiger partial charge in [0.05, 0.1) is 10.5 Å². The first-order valence-corrected chi connectivity index (χ1v) is 9.82. The molecule has 0 bridgehead atoms. The van der Waals surface area contributed by atoms with E-state index < -0.39 is 16.0 Å². The molecule has 0 aromatic heterocycles. The van der Waals surface area contributed by atoms with Crippen LogP contribution in [-0.4, -0.2) is 45.1 Å². The molecular formula is C17H18FNO4S2. The molecule has 0 radical (unpaired) electrons. The molecule has 0 N–H and O–H groups in total. The number of benzene rings is 2. The van der Waals surface area contributed by atoms with E-state index in [2.05, 4.69) is 0 Å². The second kappa shape index (κ2) is 8.46. The van der Waals surface area contributed by atoms with E-state index in [0.717, 1.165) is 4.31 Å². The quantitative estimate of drug-likeness (QED) is 0.418. The average molecular weight is 383 g/mol. The van der Waals surface area contributed by atoms with E-state index in [1.807, 2.05) is 0 Å². The SMILES string of the molecule is CN(C)S(=O)(=O)c1cccc(C(=O)OCCSc2ccccc2F)c1. The van der Waals surface area contributed by atoms with Gasteiger partial charge in [0.15, 0.2) is 0 Å². The van der Waals surface area contributed by atoms with E-state index in [1.54, 1.807) is 18.2 Å². The van der Waals surface area contributed by atoms with E-state index in [-0.39, 0.29) is 22.9 Å². The van der Waals surface area contributed by atoms with Gasteiger partial charge in [-0.05, 0) is 30.3 Å². The first-order valence-electron chi connectivity index (χ1n) is 7.39. The van der Waals surface area contributed by atoms with Crippen molar-refractivity contribution in [3.05, 3.63) is 59.9 Å². The summed E-state index contributed by atoms with van der Waals surface area (Å²) in [6, 6.07) is 12.0. The molecule has 0 aliphatic heterocycles. The lowest BCUT2D eigenvalue weighted by Gasteiger charge is -2.12. The second-order valence-electron chi connectivity index (χ2n) is 5.23. The average Bonchev–Trinajstić information content (AvgIpc) is 2.60. The number of ether oxygens (including phenoxy) is 1. The highest BCUT2D eigenvalue weighted by atomic mass is 32.2. The second-order valence-corrected chi connectivity index (χ2v) is 8.52. The van der Waals surface area contributed by atoms with Crippen molar-refractivity contribution in [1.29, 1.82) is 0 Å². The van der Waals surface area contributed by atoms with Crippen LogP contribution in [0.2, 0.25) is 0 Å². The molecule has 0 saturated carbocycles. The molecule has 25 heavy (non-hydrogen) atoms. The monoisotopic (exact) mass is 383 g/mol. The van der Waals surface area contributed by atoms with E-state index in [0.29, 0.717) is 10.6 Å². The fourth-order valence-electron chi connectivity index (χ4n) is 1.93. The predicted molar refractivity (Wildman–Crippen MR) is 94.7 cm³/mol. The molecule has 0 heterocycles. The standard InChI is InChI=1S/C17H18FNO4S2/c1-19(2)25(21,22)14-7-5-6-13(12-14)17(20)23-10-11-24-16-9-4-3-8-15(16)18/h3-9,12H,10-11H2,1-2H3. The van der Waals surface area contributed by atoms with Gasteiger partial charge in [0, 0.05) is 24.7 Å². The molecule has 0 aliphatic rings. The minimum Gasteiger partial charge on any atom is -0.461 e. The summed E-state index contributed by atoms with van der Waals surface area (Å²) in [6.45, 7) is 0.0858. The van der Waals surface area contributed by atoms with Crippen molar-refractivity contribution >= 4 is 27.8 Å². The third-order valence-corrected chi connectivity index (χ3v) is 6.08. The number of esters is 1. The van der Waals surface area contributed by atoms with Crippen LogP contribution < -0.4 is 0 Å². The van der Waals surface area contributed by atoms with Gasteiger partial charge >= 0.3 is 5.97 Å². The zero-order valence-electron chi connectivity index (χ0n) is 13.8. The van der Waals surface area contributed by atoms with Gasteiger partial charge in [0.1, 0.15) is 12.4 Å². The maximum atomic E-state index is 13.5. The van der Waals surface area contributed by atoms with E-state index in [9.17, 15) is 17.6 Å². The number of halogens is 1. The van der Waals surface area contributed by atoms with Crippen molar-refractivity contribution in [2.45, 2.75) is 9.79 Å². The molecule has 0 aliphatic carbocycles. The number of sulfonamides is 1. The fourth-order valence-corrected chi connectivity index (χ4v) is 3.64. The Kier molecular flexibility index (Phi) is 6.57. The lowest BCUT2D eigenvalue weighted by molar-refractivity contribution is 0.0530. The number of nitrogens with zero attached hydrogens (tertiary/aromatic N) is 1. The lowest BCUT2D eigenvalue weighted by atomic mass is 10.2. The first kappa shape index (κ1) is 19.4. The normalized spacial score (nSPS) is 11.5. The summed E-state index contributed by atoms with van der Waals surface area (Å²) in [7, 11) is -0.785. The minimum absolute atomic E-state index is 0.0210. The summed E-state index contributed by atoms with van der Waals surface area (Å²) < 4.78 is 43.9. The van der Waals surface area contributed by atoms with E-state index in [1.165, 1.54) is 56.2 Å². The van der Waals surface area contributed by atoms with Crippen LogP contribution in [0.3, 0.4) is 0 Å². The largest absolute Gasteiger partial charge is 0.461 e. The molecule has 134 valence electrons. The van der Waals surface area contributed by atoms with Crippen molar-refractivity contribution in [1.82, 2.24) is 4.31 Å². The zero-order valence-corrected chi connectivity index (χ0v) is 15.4. The van der Waals surface area contributed by atoms with E-state index in [4.69, 9.17) is 4.74 Å². The van der Waals surface area contributed by atoms with Gasteiger partial charge in [-0.2, -0.15) is 0 Å². The summed E-state index contributed by atoms with van der Waals surface area (Å²) in [5.74, 6) is -0.548. The maximum Gasteiger partial charge on any atom is 0.338 e. The number of thioether (sulfide) groups is 1. The molecule has 0 fully saturated rings. The van der Waals surface area contributed by atoms with Crippen molar-refractivity contribution < 1.29 is 22.3 Å². The van der Waals surface area contributed by atoms with Gasteiger partial charge < -0.3 is 4.74 Å². The number of hydrogen-bond donors (Lipinski definition) is 0. The summed E-state index contributed by atoms with van der Waals surface area (Å²) >= 11 is 1.24. The number of carbonyl (C=O) groups is 1. The predicted octanol–water partition coefficient (Wildman–Crippen LogP) is 3.03. The summed E-state index contributed by atoms with van der Waals surface area (Å²) in [6.07, 6.45) is 0. The molecule has 2 aromatic rings. The van der Waals surface area contributed by atoms with Crippen molar-refractivity contribution in [2.24, 2.45) is 0 Å². The van der Waals surface area contributed by atoms with Crippen molar-refractivity contribution in [2.75, 3.05) is 26.5 Å². The molecule has 0 atom stereocenters. The smallest absolute Gasteiger partial charge is 0.338 e. The fraction of sp³-hybridized carbons (Fsp3) is 0.235. The topological polar surface area (TPSA) is 63.7 Å². The Morgan fingerprint density at radius 3 is 2.56 bits per heavy atom. The van der Waals surface area contributed by atoms with Crippen LogP contribution in [0.15, 0.2) is 58.3 Å². The van der Waals surface area contributed by atoms with Gasteiger partial charge in [-0.15, -0.1) is 11.8 Å². The Labute approximate surface area is 150 Å². The third kappa shape index (κ3) is 5.04. The Morgan fingerprint density at radius 1 is 1.16 bits per heavy atom. The number of hydrogen-bond acceptors (Lipinski definition) is 5. The Hall–Kier alpha value is -1.90. The van der Waals surface area contributed by atoms with Gasteiger partial charge in [-0.1, -0.05) is 18.2 Å².